The van der Waals surface area contributed by atoms with Crippen molar-refractivity contribution in [2.24, 2.45) is 0 Å². The van der Waals surface area contributed by atoms with E-state index in [0.29, 0.717) is 6.07 Å². The molecule has 0 spiro atoms. The predicted molar refractivity (Wildman–Crippen MR) is 89.6 cm³/mol. The topological polar surface area (TPSA) is 101 Å². The van der Waals surface area contributed by atoms with Crippen molar-refractivity contribution in [1.29, 1.82) is 0 Å². The molecule has 2 aromatic carbocycles. The van der Waals surface area contributed by atoms with Crippen LogP contribution in [0, 0.1) is 17.5 Å². The van der Waals surface area contributed by atoms with Crippen molar-refractivity contribution in [2.75, 3.05) is 26.2 Å². The molecule has 2 amide bonds. The standard InChI is InChI=1S/C18H15F3N2O5/c19-11-2-1-10(14(20)15(11)21)18(28)23-5-3-22(4-6-23)17(27)9-7-12(24)16(26)13(25)8-9/h1-2,7-8,24-26H,3-6H2. The van der Waals surface area contributed by atoms with Crippen molar-refractivity contribution in [1.82, 2.24) is 9.80 Å². The summed E-state index contributed by atoms with van der Waals surface area (Å²) < 4.78 is 40.2. The summed E-state index contributed by atoms with van der Waals surface area (Å²) in [5.41, 5.74) is -0.675. The van der Waals surface area contributed by atoms with Crippen LogP contribution in [-0.4, -0.2) is 63.1 Å². The summed E-state index contributed by atoms with van der Waals surface area (Å²) in [4.78, 5) is 27.4. The van der Waals surface area contributed by atoms with Gasteiger partial charge in [0.1, 0.15) is 0 Å². The first-order valence-electron chi connectivity index (χ1n) is 8.17. The van der Waals surface area contributed by atoms with Crippen LogP contribution in [0.4, 0.5) is 13.2 Å². The smallest absolute Gasteiger partial charge is 0.257 e. The lowest BCUT2D eigenvalue weighted by Crippen LogP contribution is -2.50. The maximum atomic E-state index is 13.8. The molecule has 7 nitrogen and oxygen atoms in total. The van der Waals surface area contributed by atoms with Crippen LogP contribution < -0.4 is 0 Å². The van der Waals surface area contributed by atoms with E-state index in [9.17, 15) is 38.1 Å². The molecule has 1 aliphatic heterocycles. The van der Waals surface area contributed by atoms with E-state index in [0.717, 1.165) is 18.2 Å². The Labute approximate surface area is 156 Å². The number of piperazine rings is 1. The molecule has 28 heavy (non-hydrogen) atoms. The van der Waals surface area contributed by atoms with Gasteiger partial charge in [-0.2, -0.15) is 0 Å². The van der Waals surface area contributed by atoms with Gasteiger partial charge in [0.2, 0.25) is 0 Å². The Bertz CT molecular complexity index is 935. The number of aromatic hydroxyl groups is 3. The van der Waals surface area contributed by atoms with Gasteiger partial charge in [0.05, 0.1) is 5.56 Å². The number of carbonyl (C=O) groups is 2. The van der Waals surface area contributed by atoms with Crippen molar-refractivity contribution in [3.8, 4) is 17.2 Å². The highest BCUT2D eigenvalue weighted by Gasteiger charge is 2.29. The normalized spacial score (nSPS) is 14.2. The fraction of sp³-hybridized carbons (Fsp3) is 0.222. The summed E-state index contributed by atoms with van der Waals surface area (Å²) in [6.45, 7) is 0.134. The Morgan fingerprint density at radius 2 is 1.29 bits per heavy atom. The van der Waals surface area contributed by atoms with Crippen LogP contribution in [0.3, 0.4) is 0 Å². The molecule has 0 unspecified atom stereocenters. The fourth-order valence-corrected chi connectivity index (χ4v) is 2.88. The Balaban J connectivity index is 1.70. The molecule has 10 heteroatoms. The molecule has 3 rings (SSSR count). The molecule has 148 valence electrons. The fourth-order valence-electron chi connectivity index (χ4n) is 2.88. The van der Waals surface area contributed by atoms with Gasteiger partial charge in [-0.15, -0.1) is 0 Å². The van der Waals surface area contributed by atoms with Gasteiger partial charge < -0.3 is 25.1 Å². The lowest BCUT2D eigenvalue weighted by Gasteiger charge is -2.35. The number of halogens is 3. The van der Waals surface area contributed by atoms with E-state index in [1.165, 1.54) is 9.80 Å². The Kier molecular flexibility index (Phi) is 5.04. The first kappa shape index (κ1) is 19.3. The van der Waals surface area contributed by atoms with Crippen LogP contribution in [0.25, 0.3) is 0 Å². The van der Waals surface area contributed by atoms with Crippen LogP contribution in [0.2, 0.25) is 0 Å². The molecule has 1 aliphatic rings. The van der Waals surface area contributed by atoms with Crippen LogP contribution in [0.15, 0.2) is 24.3 Å². The molecule has 0 aromatic heterocycles. The van der Waals surface area contributed by atoms with Crippen molar-refractivity contribution < 1.29 is 38.1 Å². The SMILES string of the molecule is O=C(c1cc(O)c(O)c(O)c1)N1CCN(C(=O)c2ccc(F)c(F)c2F)CC1. The highest BCUT2D eigenvalue weighted by Crippen LogP contribution is 2.35. The van der Waals surface area contributed by atoms with E-state index in [1.807, 2.05) is 0 Å². The molecule has 0 atom stereocenters. The van der Waals surface area contributed by atoms with Gasteiger partial charge >= 0.3 is 0 Å². The molecule has 0 aliphatic carbocycles. The number of carbonyl (C=O) groups excluding carboxylic acids is 2. The number of benzene rings is 2. The number of rotatable bonds is 2. The average molecular weight is 396 g/mol. The summed E-state index contributed by atoms with van der Waals surface area (Å²) in [6.07, 6.45) is 0. The number of phenolic OH excluding ortho intramolecular Hbond substituents is 3. The van der Waals surface area contributed by atoms with Gasteiger partial charge in [-0.1, -0.05) is 0 Å². The Morgan fingerprint density at radius 1 is 0.786 bits per heavy atom. The minimum atomic E-state index is -1.73. The number of hydrogen-bond acceptors (Lipinski definition) is 5. The lowest BCUT2D eigenvalue weighted by molar-refractivity contribution is 0.0531. The molecule has 2 aromatic rings. The van der Waals surface area contributed by atoms with E-state index in [4.69, 9.17) is 0 Å². The van der Waals surface area contributed by atoms with Gasteiger partial charge in [-0.25, -0.2) is 13.2 Å². The predicted octanol–water partition coefficient (Wildman–Crippen LogP) is 1.82. The summed E-state index contributed by atoms with van der Waals surface area (Å²) >= 11 is 0. The van der Waals surface area contributed by atoms with Crippen LogP contribution in [-0.2, 0) is 0 Å². The van der Waals surface area contributed by atoms with Gasteiger partial charge in [-0.05, 0) is 24.3 Å². The highest BCUT2D eigenvalue weighted by atomic mass is 19.2. The van der Waals surface area contributed by atoms with E-state index < -0.39 is 52.1 Å². The van der Waals surface area contributed by atoms with Gasteiger partial charge in [0.25, 0.3) is 11.8 Å². The van der Waals surface area contributed by atoms with E-state index in [2.05, 4.69) is 0 Å². The lowest BCUT2D eigenvalue weighted by atomic mass is 10.1. The average Bonchev–Trinajstić information content (AvgIpc) is 2.69. The molecule has 3 N–H and O–H groups in total. The monoisotopic (exact) mass is 396 g/mol. The van der Waals surface area contributed by atoms with E-state index >= 15 is 0 Å². The zero-order chi connectivity index (χ0) is 20.6. The first-order valence-corrected chi connectivity index (χ1v) is 8.17. The van der Waals surface area contributed by atoms with Gasteiger partial charge in [-0.3, -0.25) is 9.59 Å². The number of nitrogens with zero attached hydrogens (tertiary/aromatic N) is 2. The number of phenols is 3. The third-order valence-corrected chi connectivity index (χ3v) is 4.44. The minimum absolute atomic E-state index is 0.0130. The highest BCUT2D eigenvalue weighted by molar-refractivity contribution is 5.97. The summed E-state index contributed by atoms with van der Waals surface area (Å²) in [7, 11) is 0. The first-order chi connectivity index (χ1) is 13.2. The van der Waals surface area contributed by atoms with Crippen LogP contribution in [0.1, 0.15) is 20.7 Å². The van der Waals surface area contributed by atoms with Gasteiger partial charge in [0, 0.05) is 31.7 Å². The van der Waals surface area contributed by atoms with Crippen LogP contribution in [0.5, 0.6) is 17.2 Å². The Morgan fingerprint density at radius 3 is 1.82 bits per heavy atom. The number of hydrogen-bond donors (Lipinski definition) is 3. The molecule has 0 radical (unpaired) electrons. The third kappa shape index (κ3) is 3.40. The molecule has 1 heterocycles. The largest absolute Gasteiger partial charge is 0.504 e. The van der Waals surface area contributed by atoms with Crippen molar-refractivity contribution >= 4 is 11.8 Å². The summed E-state index contributed by atoms with van der Waals surface area (Å²) in [5.74, 6) is -8.16. The maximum Gasteiger partial charge on any atom is 0.257 e. The summed E-state index contributed by atoms with van der Waals surface area (Å²) in [6, 6.07) is 3.50. The summed E-state index contributed by atoms with van der Waals surface area (Å²) in [5, 5.41) is 28.4. The molecule has 0 saturated carbocycles. The minimum Gasteiger partial charge on any atom is -0.504 e. The maximum absolute atomic E-state index is 13.8. The van der Waals surface area contributed by atoms with Gasteiger partial charge in [0.15, 0.2) is 34.7 Å². The second-order valence-corrected chi connectivity index (χ2v) is 6.17. The second kappa shape index (κ2) is 7.29. The Hall–Kier alpha value is -3.43. The zero-order valence-electron chi connectivity index (χ0n) is 14.3. The van der Waals surface area contributed by atoms with Crippen molar-refractivity contribution in [3.63, 3.8) is 0 Å². The third-order valence-electron chi connectivity index (χ3n) is 4.44. The quantitative estimate of drug-likeness (QED) is 0.531. The molecule has 1 fully saturated rings. The molecule has 0 bridgehead atoms. The molecular formula is C18H15F3N2O5. The number of amides is 2. The van der Waals surface area contributed by atoms with Crippen LogP contribution >= 0.6 is 0 Å². The molecular weight excluding hydrogens is 381 g/mol. The molecule has 1 saturated heterocycles. The zero-order valence-corrected chi connectivity index (χ0v) is 14.3. The van der Waals surface area contributed by atoms with Crippen molar-refractivity contribution in [3.05, 3.63) is 52.8 Å². The van der Waals surface area contributed by atoms with E-state index in [1.54, 1.807) is 0 Å². The second-order valence-electron chi connectivity index (χ2n) is 6.17. The van der Waals surface area contributed by atoms with E-state index in [-0.39, 0.29) is 31.7 Å². The van der Waals surface area contributed by atoms with Crippen molar-refractivity contribution in [2.45, 2.75) is 0 Å².